The predicted octanol–water partition coefficient (Wildman–Crippen LogP) is 2.06. The first-order valence-corrected chi connectivity index (χ1v) is 9.94. The lowest BCUT2D eigenvalue weighted by molar-refractivity contribution is -0.133. The van der Waals surface area contributed by atoms with Gasteiger partial charge in [0.2, 0.25) is 5.91 Å². The number of nitrogens with zero attached hydrogens (tertiary/aromatic N) is 2. The van der Waals surface area contributed by atoms with Gasteiger partial charge in [-0.15, -0.1) is 0 Å². The predicted molar refractivity (Wildman–Crippen MR) is 112 cm³/mol. The smallest absolute Gasteiger partial charge is 0.244 e. The largest absolute Gasteiger partial charge is 0.367 e. The van der Waals surface area contributed by atoms with E-state index in [1.807, 2.05) is 53.4 Å². The number of hydrogen-bond donors (Lipinski definition) is 4. The van der Waals surface area contributed by atoms with Crippen molar-refractivity contribution in [3.8, 4) is 0 Å². The zero-order valence-corrected chi connectivity index (χ0v) is 16.7. The lowest BCUT2D eigenvalue weighted by Gasteiger charge is -2.38. The molecule has 1 amide bonds. The Morgan fingerprint density at radius 3 is 2.39 bits per heavy atom. The molecule has 7 nitrogen and oxygen atoms in total. The minimum atomic E-state index is -0.428. The molecular weight excluding hydrogens is 399 g/mol. The summed E-state index contributed by atoms with van der Waals surface area (Å²) in [7, 11) is 0. The van der Waals surface area contributed by atoms with E-state index in [9.17, 15) is 4.79 Å². The van der Waals surface area contributed by atoms with Crippen LogP contribution in [0.25, 0.3) is 0 Å². The highest BCUT2D eigenvalue weighted by Gasteiger charge is 2.36. The lowest BCUT2D eigenvalue weighted by Crippen LogP contribution is -2.57. The van der Waals surface area contributed by atoms with Gasteiger partial charge in [-0.3, -0.25) is 4.79 Å². The van der Waals surface area contributed by atoms with E-state index in [0.717, 1.165) is 29.5 Å². The number of para-hydroxylation sites is 1. The molecule has 2 fully saturated rings. The van der Waals surface area contributed by atoms with Crippen LogP contribution in [0.1, 0.15) is 0 Å². The fourth-order valence-electron chi connectivity index (χ4n) is 3.49. The fraction of sp³-hybridized carbons (Fsp3) is 0.316. The van der Waals surface area contributed by atoms with Crippen molar-refractivity contribution in [2.75, 3.05) is 36.4 Å². The normalized spacial score (nSPS) is 22.4. The van der Waals surface area contributed by atoms with Crippen molar-refractivity contribution in [3.63, 3.8) is 0 Å². The Morgan fingerprint density at radius 2 is 1.68 bits per heavy atom. The van der Waals surface area contributed by atoms with Crippen molar-refractivity contribution in [1.82, 2.24) is 21.3 Å². The summed E-state index contributed by atoms with van der Waals surface area (Å²) in [5.41, 5.74) is 10.8. The lowest BCUT2D eigenvalue weighted by atomic mass is 10.1. The molecule has 28 heavy (non-hydrogen) atoms. The number of nitrogens with one attached hydrogen (secondary N) is 4. The van der Waals surface area contributed by atoms with Crippen LogP contribution >= 0.6 is 23.2 Å². The number of carbonyl (C=O) groups is 1. The van der Waals surface area contributed by atoms with Crippen molar-refractivity contribution >= 4 is 40.5 Å². The first-order chi connectivity index (χ1) is 13.6. The number of piperazine rings is 1. The van der Waals surface area contributed by atoms with Crippen LogP contribution in [0, 0.1) is 0 Å². The molecule has 0 radical (unpaired) electrons. The van der Waals surface area contributed by atoms with Crippen molar-refractivity contribution < 1.29 is 4.79 Å². The van der Waals surface area contributed by atoms with Crippen LogP contribution in [0.2, 0.25) is 10.0 Å². The molecule has 4 rings (SSSR count). The molecule has 4 N–H and O–H groups in total. The van der Waals surface area contributed by atoms with Crippen LogP contribution in [0.5, 0.6) is 0 Å². The zero-order chi connectivity index (χ0) is 19.5. The Bertz CT molecular complexity index is 825. The average Bonchev–Trinajstić information content (AvgIpc) is 3.18. The Labute approximate surface area is 173 Å². The Kier molecular flexibility index (Phi) is 5.89. The van der Waals surface area contributed by atoms with E-state index >= 15 is 0 Å². The first-order valence-electron chi connectivity index (χ1n) is 9.18. The quantitative estimate of drug-likeness (QED) is 0.606. The van der Waals surface area contributed by atoms with Crippen LogP contribution in [-0.4, -0.2) is 49.2 Å². The first kappa shape index (κ1) is 19.3. The minimum absolute atomic E-state index is 0.0442. The SMILES string of the molecule is O=C(C1NNNC1Nc1ccc(Cl)cc1)N1CCN(c2ccccc2Cl)CC1. The highest BCUT2D eigenvalue weighted by molar-refractivity contribution is 6.33. The monoisotopic (exact) mass is 420 g/mol. The van der Waals surface area contributed by atoms with Crippen molar-refractivity contribution in [3.05, 3.63) is 58.6 Å². The molecular formula is C19H22Cl2N6O. The van der Waals surface area contributed by atoms with Gasteiger partial charge in [0, 0.05) is 36.9 Å². The maximum atomic E-state index is 13.0. The second-order valence-electron chi connectivity index (χ2n) is 6.78. The molecule has 0 aliphatic carbocycles. The number of anilines is 2. The van der Waals surface area contributed by atoms with E-state index in [4.69, 9.17) is 23.2 Å². The number of hydrogen-bond acceptors (Lipinski definition) is 6. The van der Waals surface area contributed by atoms with Gasteiger partial charge >= 0.3 is 0 Å². The maximum absolute atomic E-state index is 13.0. The molecule has 2 aromatic carbocycles. The van der Waals surface area contributed by atoms with Gasteiger partial charge < -0.3 is 15.1 Å². The molecule has 2 aliphatic heterocycles. The van der Waals surface area contributed by atoms with E-state index in [1.165, 1.54) is 0 Å². The molecule has 0 spiro atoms. The van der Waals surface area contributed by atoms with Crippen molar-refractivity contribution in [2.45, 2.75) is 12.2 Å². The number of halogens is 2. The molecule has 2 saturated heterocycles. The summed E-state index contributed by atoms with van der Waals surface area (Å²) in [4.78, 5) is 17.1. The van der Waals surface area contributed by atoms with Crippen LogP contribution in [0.15, 0.2) is 48.5 Å². The van der Waals surface area contributed by atoms with Crippen LogP contribution in [0.4, 0.5) is 11.4 Å². The fourth-order valence-corrected chi connectivity index (χ4v) is 3.87. The molecule has 9 heteroatoms. The summed E-state index contributed by atoms with van der Waals surface area (Å²) < 4.78 is 0. The molecule has 0 bridgehead atoms. The Morgan fingerprint density at radius 1 is 0.964 bits per heavy atom. The summed E-state index contributed by atoms with van der Waals surface area (Å²) >= 11 is 12.2. The van der Waals surface area contributed by atoms with Gasteiger partial charge in [0.1, 0.15) is 12.2 Å². The van der Waals surface area contributed by atoms with Gasteiger partial charge in [-0.2, -0.15) is 5.53 Å². The molecule has 0 saturated carbocycles. The van der Waals surface area contributed by atoms with E-state index in [1.54, 1.807) is 0 Å². The van der Waals surface area contributed by atoms with Gasteiger partial charge in [0.05, 0.1) is 10.7 Å². The van der Waals surface area contributed by atoms with E-state index in [2.05, 4.69) is 26.6 Å². The highest BCUT2D eigenvalue weighted by Crippen LogP contribution is 2.26. The number of amides is 1. The van der Waals surface area contributed by atoms with Crippen LogP contribution < -0.4 is 26.6 Å². The van der Waals surface area contributed by atoms with E-state index < -0.39 is 6.04 Å². The summed E-state index contributed by atoms with van der Waals surface area (Å²) in [6.45, 7) is 2.79. The minimum Gasteiger partial charge on any atom is -0.367 e. The second-order valence-corrected chi connectivity index (χ2v) is 7.63. The molecule has 2 aliphatic rings. The van der Waals surface area contributed by atoms with Gasteiger partial charge in [-0.25, -0.2) is 10.9 Å². The molecule has 2 unspecified atom stereocenters. The summed E-state index contributed by atoms with van der Waals surface area (Å²) in [6, 6.07) is 14.8. The third kappa shape index (κ3) is 4.19. The second kappa shape index (κ2) is 8.55. The number of carbonyl (C=O) groups excluding carboxylic acids is 1. The van der Waals surface area contributed by atoms with Gasteiger partial charge in [0.25, 0.3) is 0 Å². The summed E-state index contributed by atoms with van der Waals surface area (Å²) in [5, 5.41) is 4.72. The average molecular weight is 421 g/mol. The standard InChI is InChI=1S/C19H22Cl2N6O/c20-13-5-7-14(8-6-13)22-18-17(23-25-24-18)19(28)27-11-9-26(10-12-27)16-4-2-1-3-15(16)21/h1-8,17-18,22-25H,9-12H2. The Balaban J connectivity index is 1.36. The third-order valence-corrected chi connectivity index (χ3v) is 5.58. The maximum Gasteiger partial charge on any atom is 0.244 e. The topological polar surface area (TPSA) is 71.7 Å². The van der Waals surface area contributed by atoms with Crippen molar-refractivity contribution in [1.29, 1.82) is 0 Å². The molecule has 2 aromatic rings. The van der Waals surface area contributed by atoms with Crippen LogP contribution in [0.3, 0.4) is 0 Å². The Hall–Kier alpha value is -2.03. The summed E-state index contributed by atoms with van der Waals surface area (Å²) in [5.74, 6) is 0.0442. The van der Waals surface area contributed by atoms with Gasteiger partial charge in [-0.1, -0.05) is 35.3 Å². The molecule has 2 heterocycles. The van der Waals surface area contributed by atoms with Crippen LogP contribution in [-0.2, 0) is 4.79 Å². The number of rotatable bonds is 4. The zero-order valence-electron chi connectivity index (χ0n) is 15.2. The van der Waals surface area contributed by atoms with Crippen molar-refractivity contribution in [2.24, 2.45) is 0 Å². The summed E-state index contributed by atoms with van der Waals surface area (Å²) in [6.07, 6.45) is -0.282. The van der Waals surface area contributed by atoms with E-state index in [0.29, 0.717) is 18.1 Å². The van der Waals surface area contributed by atoms with Gasteiger partial charge in [-0.05, 0) is 36.4 Å². The number of benzene rings is 2. The highest BCUT2D eigenvalue weighted by atomic mass is 35.5. The molecule has 148 valence electrons. The molecule has 0 aromatic heterocycles. The van der Waals surface area contributed by atoms with E-state index in [-0.39, 0.29) is 12.1 Å². The van der Waals surface area contributed by atoms with Gasteiger partial charge in [0.15, 0.2) is 0 Å². The number of hydrazine groups is 2. The molecule has 2 atom stereocenters. The third-order valence-electron chi connectivity index (χ3n) is 5.01.